The Balaban J connectivity index is 2.36. The average Bonchev–Trinajstić information content (AvgIpc) is 2.36. The number of carbonyl (C=O) groups excluding carboxylic acids is 1. The lowest BCUT2D eigenvalue weighted by Gasteiger charge is -2.15. The lowest BCUT2D eigenvalue weighted by atomic mass is 10.0. The minimum absolute atomic E-state index is 0.0169. The summed E-state index contributed by atoms with van der Waals surface area (Å²) in [5, 5.41) is 22.5. The van der Waals surface area contributed by atoms with Gasteiger partial charge in [-0.1, -0.05) is 30.7 Å². The zero-order valence-corrected chi connectivity index (χ0v) is 12.6. The van der Waals surface area contributed by atoms with Crippen molar-refractivity contribution < 1.29 is 15.0 Å². The largest absolute Gasteiger partial charge is 0.393 e. The highest BCUT2D eigenvalue weighted by Crippen LogP contribution is 2.19. The number of aliphatic hydroxyl groups excluding tert-OH is 2. The zero-order valence-electron chi connectivity index (χ0n) is 11.8. The van der Waals surface area contributed by atoms with Crippen molar-refractivity contribution in [3.05, 3.63) is 34.9 Å². The van der Waals surface area contributed by atoms with E-state index < -0.39 is 6.10 Å². The Morgan fingerprint density at radius 3 is 2.40 bits per heavy atom. The van der Waals surface area contributed by atoms with Crippen LogP contribution in [0.2, 0.25) is 5.02 Å². The topological polar surface area (TPSA) is 69.6 Å². The molecule has 1 aromatic carbocycles. The van der Waals surface area contributed by atoms with E-state index in [0.717, 1.165) is 0 Å². The van der Waals surface area contributed by atoms with Gasteiger partial charge in [0.05, 0.1) is 18.6 Å². The summed E-state index contributed by atoms with van der Waals surface area (Å²) in [5.74, 6) is -0.00322. The fraction of sp³-hybridized carbons (Fsp3) is 0.533. The minimum Gasteiger partial charge on any atom is -0.393 e. The Morgan fingerprint density at radius 2 is 1.85 bits per heavy atom. The standard InChI is InChI=1S/C15H22ClNO3/c1-10(7-11(2)18)9-17-15(20)8-14(19)12-3-5-13(16)6-4-12/h3-6,10-11,14,18-19H,7-9H2,1-2H3,(H,17,20). The Labute approximate surface area is 124 Å². The number of nitrogens with one attached hydrogen (secondary N) is 1. The van der Waals surface area contributed by atoms with Crippen molar-refractivity contribution in [1.29, 1.82) is 0 Å². The van der Waals surface area contributed by atoms with Crippen LogP contribution in [0.15, 0.2) is 24.3 Å². The van der Waals surface area contributed by atoms with Crippen LogP contribution in [-0.4, -0.2) is 28.8 Å². The van der Waals surface area contributed by atoms with Gasteiger partial charge in [0.2, 0.25) is 5.91 Å². The third kappa shape index (κ3) is 6.37. The van der Waals surface area contributed by atoms with Crippen molar-refractivity contribution in [3.8, 4) is 0 Å². The summed E-state index contributed by atoms with van der Waals surface area (Å²) in [4.78, 5) is 11.7. The van der Waals surface area contributed by atoms with Gasteiger partial charge in [0.15, 0.2) is 0 Å². The first kappa shape index (κ1) is 17.0. The second-order valence-electron chi connectivity index (χ2n) is 5.27. The molecule has 0 aromatic heterocycles. The molecule has 5 heteroatoms. The summed E-state index contributed by atoms with van der Waals surface area (Å²) in [6.45, 7) is 4.18. The molecule has 112 valence electrons. The van der Waals surface area contributed by atoms with Gasteiger partial charge in [-0.25, -0.2) is 0 Å². The van der Waals surface area contributed by atoms with Gasteiger partial charge in [0.1, 0.15) is 0 Å². The fourth-order valence-corrected chi connectivity index (χ4v) is 2.13. The van der Waals surface area contributed by atoms with E-state index in [-0.39, 0.29) is 24.3 Å². The van der Waals surface area contributed by atoms with Crippen molar-refractivity contribution in [2.24, 2.45) is 5.92 Å². The Bertz CT molecular complexity index is 420. The van der Waals surface area contributed by atoms with Gasteiger partial charge in [0, 0.05) is 11.6 Å². The lowest BCUT2D eigenvalue weighted by molar-refractivity contribution is -0.123. The van der Waals surface area contributed by atoms with Gasteiger partial charge in [0.25, 0.3) is 0 Å². The highest BCUT2D eigenvalue weighted by Gasteiger charge is 2.14. The summed E-state index contributed by atoms with van der Waals surface area (Å²) < 4.78 is 0. The summed E-state index contributed by atoms with van der Waals surface area (Å²) in [7, 11) is 0. The van der Waals surface area contributed by atoms with Crippen LogP contribution >= 0.6 is 11.6 Å². The second-order valence-corrected chi connectivity index (χ2v) is 5.70. The quantitative estimate of drug-likeness (QED) is 0.723. The molecule has 20 heavy (non-hydrogen) atoms. The number of rotatable bonds is 7. The van der Waals surface area contributed by atoms with E-state index in [1.807, 2.05) is 6.92 Å². The zero-order chi connectivity index (χ0) is 15.1. The molecule has 0 heterocycles. The molecular formula is C15H22ClNO3. The van der Waals surface area contributed by atoms with E-state index >= 15 is 0 Å². The van der Waals surface area contributed by atoms with Crippen molar-refractivity contribution in [2.75, 3.05) is 6.54 Å². The smallest absolute Gasteiger partial charge is 0.222 e. The van der Waals surface area contributed by atoms with E-state index in [9.17, 15) is 15.0 Å². The first-order chi connectivity index (χ1) is 9.38. The molecular weight excluding hydrogens is 278 g/mol. The number of hydrogen-bond acceptors (Lipinski definition) is 3. The van der Waals surface area contributed by atoms with E-state index in [0.29, 0.717) is 23.6 Å². The molecule has 3 atom stereocenters. The fourth-order valence-electron chi connectivity index (χ4n) is 2.00. The van der Waals surface area contributed by atoms with Gasteiger partial charge in [-0.3, -0.25) is 4.79 Å². The highest BCUT2D eigenvalue weighted by atomic mass is 35.5. The van der Waals surface area contributed by atoms with Gasteiger partial charge >= 0.3 is 0 Å². The minimum atomic E-state index is -0.834. The number of hydrogen-bond donors (Lipinski definition) is 3. The van der Waals surface area contributed by atoms with E-state index in [2.05, 4.69) is 5.32 Å². The predicted molar refractivity (Wildman–Crippen MR) is 79.5 cm³/mol. The molecule has 0 aliphatic heterocycles. The first-order valence-electron chi connectivity index (χ1n) is 6.76. The third-order valence-electron chi connectivity index (χ3n) is 3.02. The highest BCUT2D eigenvalue weighted by molar-refractivity contribution is 6.30. The molecule has 3 unspecified atom stereocenters. The van der Waals surface area contributed by atoms with E-state index in [1.54, 1.807) is 31.2 Å². The molecule has 0 aliphatic carbocycles. The van der Waals surface area contributed by atoms with Crippen LogP contribution in [0, 0.1) is 5.92 Å². The summed E-state index contributed by atoms with van der Waals surface area (Å²) in [6.07, 6.45) is -0.552. The monoisotopic (exact) mass is 299 g/mol. The van der Waals surface area contributed by atoms with E-state index in [1.165, 1.54) is 0 Å². The number of amides is 1. The summed E-state index contributed by atoms with van der Waals surface area (Å²) in [5.41, 5.74) is 0.668. The SMILES string of the molecule is CC(O)CC(C)CNC(=O)CC(O)c1ccc(Cl)cc1. The molecule has 0 saturated heterocycles. The molecule has 0 saturated carbocycles. The number of carbonyl (C=O) groups is 1. The maximum atomic E-state index is 11.7. The normalized spacial score (nSPS) is 15.4. The van der Waals surface area contributed by atoms with Crippen LogP contribution in [0.25, 0.3) is 0 Å². The molecule has 4 nitrogen and oxygen atoms in total. The molecule has 1 rings (SSSR count). The molecule has 0 spiro atoms. The Kier molecular flexibility index (Phi) is 6.99. The molecule has 0 radical (unpaired) electrons. The van der Waals surface area contributed by atoms with Crippen molar-refractivity contribution >= 4 is 17.5 Å². The summed E-state index contributed by atoms with van der Waals surface area (Å²) in [6, 6.07) is 6.78. The lowest BCUT2D eigenvalue weighted by Crippen LogP contribution is -2.30. The van der Waals surface area contributed by atoms with Crippen molar-refractivity contribution in [3.63, 3.8) is 0 Å². The maximum absolute atomic E-state index is 11.7. The van der Waals surface area contributed by atoms with Crippen LogP contribution in [0.3, 0.4) is 0 Å². The Hall–Kier alpha value is -1.10. The maximum Gasteiger partial charge on any atom is 0.222 e. The Morgan fingerprint density at radius 1 is 1.25 bits per heavy atom. The number of benzene rings is 1. The second kappa shape index (κ2) is 8.25. The van der Waals surface area contributed by atoms with Gasteiger partial charge in [-0.05, 0) is 37.0 Å². The summed E-state index contributed by atoms with van der Waals surface area (Å²) >= 11 is 5.77. The molecule has 0 bridgehead atoms. The molecule has 0 fully saturated rings. The molecule has 0 aliphatic rings. The average molecular weight is 300 g/mol. The van der Waals surface area contributed by atoms with Gasteiger partial charge in [-0.2, -0.15) is 0 Å². The number of halogens is 1. The van der Waals surface area contributed by atoms with Crippen molar-refractivity contribution in [1.82, 2.24) is 5.32 Å². The van der Waals surface area contributed by atoms with Crippen molar-refractivity contribution in [2.45, 2.75) is 38.9 Å². The van der Waals surface area contributed by atoms with E-state index in [4.69, 9.17) is 11.6 Å². The first-order valence-corrected chi connectivity index (χ1v) is 7.14. The van der Waals surface area contributed by atoms with Crippen LogP contribution in [0.1, 0.15) is 38.4 Å². The van der Waals surface area contributed by atoms with Crippen LogP contribution in [0.4, 0.5) is 0 Å². The molecule has 3 N–H and O–H groups in total. The van der Waals surface area contributed by atoms with Gasteiger partial charge < -0.3 is 15.5 Å². The molecule has 1 amide bonds. The van der Waals surface area contributed by atoms with Gasteiger partial charge in [-0.15, -0.1) is 0 Å². The van der Waals surface area contributed by atoms with Crippen LogP contribution in [0.5, 0.6) is 0 Å². The third-order valence-corrected chi connectivity index (χ3v) is 3.28. The van der Waals surface area contributed by atoms with Crippen LogP contribution < -0.4 is 5.32 Å². The predicted octanol–water partition coefficient (Wildman–Crippen LogP) is 2.29. The molecule has 1 aromatic rings. The number of aliphatic hydroxyl groups is 2. The van der Waals surface area contributed by atoms with Crippen LogP contribution in [-0.2, 0) is 4.79 Å².